The van der Waals surface area contributed by atoms with E-state index in [1.54, 1.807) is 0 Å². The number of esters is 2. The van der Waals surface area contributed by atoms with Crippen LogP contribution in [0.5, 0.6) is 0 Å². The van der Waals surface area contributed by atoms with E-state index in [0.717, 1.165) is 103 Å². The van der Waals surface area contributed by atoms with E-state index in [2.05, 4.69) is 25.7 Å². The van der Waals surface area contributed by atoms with Gasteiger partial charge in [-0.3, -0.25) is 9.59 Å². The van der Waals surface area contributed by atoms with Gasteiger partial charge in [-0.2, -0.15) is 0 Å². The minimum atomic E-state index is -0.0278. The Balaban J connectivity index is 4.03. The van der Waals surface area contributed by atoms with E-state index in [1.807, 2.05) is 6.92 Å². The van der Waals surface area contributed by atoms with Gasteiger partial charge in [0.05, 0.1) is 31.7 Å². The standard InChI is InChI=1S/C44H87NO5/c1-5-8-11-14-18-26-33-42(34-27-19-15-12-9-6-2)44(48)50-40-31-24-17-21-28-35-45(37-38-46)36-29-22-20-25-32-41(4)43(47)49-39-30-23-16-13-10-7-3/h41-42,46H,5-40H2,1-4H3. The van der Waals surface area contributed by atoms with Gasteiger partial charge in [0, 0.05) is 6.54 Å². The van der Waals surface area contributed by atoms with Crippen molar-refractivity contribution in [2.75, 3.05) is 39.5 Å². The zero-order chi connectivity index (χ0) is 36.8. The Bertz CT molecular complexity index is 701. The number of hydrogen-bond acceptors (Lipinski definition) is 6. The lowest BCUT2D eigenvalue weighted by molar-refractivity contribution is -0.149. The third kappa shape index (κ3) is 32.7. The summed E-state index contributed by atoms with van der Waals surface area (Å²) >= 11 is 0. The SMILES string of the molecule is CCCCCCCCOC(=O)C(C)CCCCCCN(CCO)CCCCCCCOC(=O)C(CCCCCCCC)CCCCCCCC. The molecule has 0 aromatic heterocycles. The highest BCUT2D eigenvalue weighted by molar-refractivity contribution is 5.72. The van der Waals surface area contributed by atoms with Crippen LogP contribution in [0.25, 0.3) is 0 Å². The molecule has 0 heterocycles. The summed E-state index contributed by atoms with van der Waals surface area (Å²) in [4.78, 5) is 27.6. The topological polar surface area (TPSA) is 76.1 Å². The van der Waals surface area contributed by atoms with Crippen molar-refractivity contribution in [1.82, 2.24) is 4.90 Å². The molecule has 0 bridgehead atoms. The average molecular weight is 710 g/mol. The van der Waals surface area contributed by atoms with Crippen LogP contribution in [-0.4, -0.2) is 61.4 Å². The predicted octanol–water partition coefficient (Wildman–Crippen LogP) is 12.4. The summed E-state index contributed by atoms with van der Waals surface area (Å²) in [5, 5.41) is 9.56. The summed E-state index contributed by atoms with van der Waals surface area (Å²) in [6.45, 7) is 12.9. The molecule has 0 saturated carbocycles. The van der Waals surface area contributed by atoms with Gasteiger partial charge >= 0.3 is 11.9 Å². The maximum absolute atomic E-state index is 13.0. The molecule has 0 radical (unpaired) electrons. The maximum Gasteiger partial charge on any atom is 0.308 e. The van der Waals surface area contributed by atoms with Gasteiger partial charge < -0.3 is 19.5 Å². The first kappa shape index (κ1) is 48.9. The number of carbonyl (C=O) groups is 2. The van der Waals surface area contributed by atoms with Crippen LogP contribution in [0, 0.1) is 11.8 Å². The molecule has 6 heteroatoms. The van der Waals surface area contributed by atoms with Crippen LogP contribution in [0.15, 0.2) is 0 Å². The Hall–Kier alpha value is -1.14. The fourth-order valence-corrected chi connectivity index (χ4v) is 6.91. The highest BCUT2D eigenvalue weighted by atomic mass is 16.5. The van der Waals surface area contributed by atoms with Crippen LogP contribution in [-0.2, 0) is 19.1 Å². The molecule has 0 aliphatic carbocycles. The Morgan fingerprint density at radius 2 is 0.820 bits per heavy atom. The van der Waals surface area contributed by atoms with E-state index < -0.39 is 0 Å². The Labute approximate surface area is 312 Å². The van der Waals surface area contributed by atoms with Gasteiger partial charge in [-0.15, -0.1) is 0 Å². The molecular weight excluding hydrogens is 622 g/mol. The molecule has 6 nitrogen and oxygen atoms in total. The van der Waals surface area contributed by atoms with Crippen LogP contribution in [0.4, 0.5) is 0 Å². The molecule has 1 N–H and O–H groups in total. The molecule has 0 saturated heterocycles. The van der Waals surface area contributed by atoms with Gasteiger partial charge in [0.25, 0.3) is 0 Å². The monoisotopic (exact) mass is 710 g/mol. The summed E-state index contributed by atoms with van der Waals surface area (Å²) in [6.07, 6.45) is 35.5. The molecule has 0 fully saturated rings. The molecule has 0 aliphatic heterocycles. The van der Waals surface area contributed by atoms with E-state index >= 15 is 0 Å². The zero-order valence-electron chi connectivity index (χ0n) is 34.1. The van der Waals surface area contributed by atoms with Gasteiger partial charge in [-0.1, -0.05) is 175 Å². The first-order valence-corrected chi connectivity index (χ1v) is 22.2. The number of unbranched alkanes of at least 4 members (excludes halogenated alkanes) is 22. The zero-order valence-corrected chi connectivity index (χ0v) is 34.1. The van der Waals surface area contributed by atoms with Gasteiger partial charge in [-0.05, 0) is 58.0 Å². The van der Waals surface area contributed by atoms with Crippen molar-refractivity contribution in [3.8, 4) is 0 Å². The third-order valence-corrected chi connectivity index (χ3v) is 10.4. The molecule has 0 amide bonds. The molecule has 0 aromatic carbocycles. The highest BCUT2D eigenvalue weighted by Gasteiger charge is 2.19. The summed E-state index contributed by atoms with van der Waals surface area (Å²) in [6, 6.07) is 0. The number of hydrogen-bond donors (Lipinski definition) is 1. The second kappa shape index (κ2) is 39.1. The van der Waals surface area contributed by atoms with Crippen molar-refractivity contribution in [3.05, 3.63) is 0 Å². The third-order valence-electron chi connectivity index (χ3n) is 10.4. The van der Waals surface area contributed by atoms with Gasteiger partial charge in [0.1, 0.15) is 0 Å². The normalized spacial score (nSPS) is 12.2. The first-order valence-electron chi connectivity index (χ1n) is 22.2. The van der Waals surface area contributed by atoms with E-state index in [0.29, 0.717) is 13.2 Å². The second-order valence-corrected chi connectivity index (χ2v) is 15.3. The van der Waals surface area contributed by atoms with E-state index in [4.69, 9.17) is 9.47 Å². The van der Waals surface area contributed by atoms with Crippen LogP contribution < -0.4 is 0 Å². The number of carbonyl (C=O) groups excluding carboxylic acids is 2. The smallest absolute Gasteiger partial charge is 0.308 e. The summed E-state index contributed by atoms with van der Waals surface area (Å²) in [7, 11) is 0. The minimum Gasteiger partial charge on any atom is -0.465 e. The largest absolute Gasteiger partial charge is 0.465 e. The summed E-state index contributed by atoms with van der Waals surface area (Å²) < 4.78 is 11.3. The minimum absolute atomic E-state index is 0.00486. The lowest BCUT2D eigenvalue weighted by Crippen LogP contribution is -2.29. The molecule has 1 atom stereocenters. The molecule has 0 aromatic rings. The Morgan fingerprint density at radius 3 is 1.26 bits per heavy atom. The average Bonchev–Trinajstić information content (AvgIpc) is 3.11. The van der Waals surface area contributed by atoms with Gasteiger partial charge in [0.2, 0.25) is 0 Å². The number of nitrogens with zero attached hydrogens (tertiary/aromatic N) is 1. The molecule has 298 valence electrons. The van der Waals surface area contributed by atoms with E-state index in [-0.39, 0.29) is 30.4 Å². The fourth-order valence-electron chi connectivity index (χ4n) is 6.91. The lowest BCUT2D eigenvalue weighted by Gasteiger charge is -2.21. The first-order chi connectivity index (χ1) is 24.5. The maximum atomic E-state index is 13.0. The van der Waals surface area contributed by atoms with Crippen molar-refractivity contribution >= 4 is 11.9 Å². The van der Waals surface area contributed by atoms with Crippen LogP contribution in [0.3, 0.4) is 0 Å². The summed E-state index contributed by atoms with van der Waals surface area (Å²) in [5.41, 5.74) is 0. The van der Waals surface area contributed by atoms with Gasteiger partial charge in [-0.25, -0.2) is 0 Å². The van der Waals surface area contributed by atoms with Crippen molar-refractivity contribution in [3.63, 3.8) is 0 Å². The second-order valence-electron chi connectivity index (χ2n) is 15.3. The van der Waals surface area contributed by atoms with E-state index in [1.165, 1.54) is 109 Å². The number of aliphatic hydroxyl groups excluding tert-OH is 1. The quantitative estimate of drug-likeness (QED) is 0.0504. The Morgan fingerprint density at radius 1 is 0.460 bits per heavy atom. The molecule has 0 aliphatic rings. The van der Waals surface area contributed by atoms with Crippen molar-refractivity contribution in [2.24, 2.45) is 11.8 Å². The van der Waals surface area contributed by atoms with Crippen molar-refractivity contribution in [2.45, 2.75) is 220 Å². The van der Waals surface area contributed by atoms with Crippen LogP contribution in [0.2, 0.25) is 0 Å². The van der Waals surface area contributed by atoms with Crippen molar-refractivity contribution in [1.29, 1.82) is 0 Å². The lowest BCUT2D eigenvalue weighted by atomic mass is 9.94. The number of ether oxygens (including phenoxy) is 2. The van der Waals surface area contributed by atoms with E-state index in [9.17, 15) is 14.7 Å². The molecule has 50 heavy (non-hydrogen) atoms. The Kier molecular flexibility index (Phi) is 38.2. The van der Waals surface area contributed by atoms with Crippen LogP contribution >= 0.6 is 0 Å². The summed E-state index contributed by atoms with van der Waals surface area (Å²) in [5.74, 6) is 0.119. The molecule has 0 spiro atoms. The molecular formula is C44H87NO5. The number of rotatable bonds is 40. The van der Waals surface area contributed by atoms with Crippen LogP contribution in [0.1, 0.15) is 220 Å². The predicted molar refractivity (Wildman–Crippen MR) is 214 cm³/mol. The fraction of sp³-hybridized carbons (Fsp3) is 0.955. The molecule has 1 unspecified atom stereocenters. The number of aliphatic hydroxyl groups is 1. The highest BCUT2D eigenvalue weighted by Crippen LogP contribution is 2.21. The van der Waals surface area contributed by atoms with Gasteiger partial charge in [0.15, 0.2) is 0 Å². The van der Waals surface area contributed by atoms with Crippen molar-refractivity contribution < 1.29 is 24.2 Å². The molecule has 0 rings (SSSR count).